The van der Waals surface area contributed by atoms with Crippen molar-refractivity contribution in [2.24, 2.45) is 5.73 Å². The van der Waals surface area contributed by atoms with Crippen molar-refractivity contribution in [3.05, 3.63) is 46.2 Å². The van der Waals surface area contributed by atoms with Crippen molar-refractivity contribution in [1.82, 2.24) is 9.78 Å². The predicted molar refractivity (Wildman–Crippen MR) is 78.1 cm³/mol. The Balaban J connectivity index is 2.42. The van der Waals surface area contributed by atoms with E-state index in [9.17, 15) is 0 Å². The van der Waals surface area contributed by atoms with Gasteiger partial charge < -0.3 is 5.73 Å². The smallest absolute Gasteiger partial charge is 0.0678 e. The van der Waals surface area contributed by atoms with Crippen LogP contribution in [0.25, 0.3) is 5.69 Å². The number of rotatable bonds is 4. The summed E-state index contributed by atoms with van der Waals surface area (Å²) in [5.41, 5.74) is 9.09. The summed E-state index contributed by atoms with van der Waals surface area (Å²) < 4.78 is 3.01. The van der Waals surface area contributed by atoms with Gasteiger partial charge in [-0.15, -0.1) is 0 Å². The Morgan fingerprint density at radius 2 is 2.11 bits per heavy atom. The molecule has 2 aromatic rings. The second-order valence-electron chi connectivity index (χ2n) is 4.65. The Bertz CT molecular complexity index is 532. The van der Waals surface area contributed by atoms with Crippen LogP contribution in [0.4, 0.5) is 0 Å². The average Bonchev–Trinajstić information content (AvgIpc) is 2.79. The Hall–Kier alpha value is -1.13. The molecule has 0 saturated carbocycles. The molecule has 0 spiro atoms. The summed E-state index contributed by atoms with van der Waals surface area (Å²) in [5, 5.41) is 4.61. The highest BCUT2D eigenvalue weighted by Crippen LogP contribution is 2.21. The summed E-state index contributed by atoms with van der Waals surface area (Å²) in [4.78, 5) is 0. The fourth-order valence-electron chi connectivity index (χ4n) is 1.91. The molecule has 0 amide bonds. The first-order valence-corrected chi connectivity index (χ1v) is 6.95. The fourth-order valence-corrected chi connectivity index (χ4v) is 2.32. The van der Waals surface area contributed by atoms with E-state index in [1.54, 1.807) is 0 Å². The van der Waals surface area contributed by atoms with Crippen molar-refractivity contribution in [1.29, 1.82) is 0 Å². The van der Waals surface area contributed by atoms with Crippen LogP contribution in [0.5, 0.6) is 0 Å². The largest absolute Gasteiger partial charge is 0.330 e. The van der Waals surface area contributed by atoms with Crippen LogP contribution in [0.1, 0.15) is 31.0 Å². The second kappa shape index (κ2) is 5.67. The molecule has 18 heavy (non-hydrogen) atoms. The van der Waals surface area contributed by atoms with Crippen molar-refractivity contribution in [3.63, 3.8) is 0 Å². The molecule has 0 fully saturated rings. The lowest BCUT2D eigenvalue weighted by atomic mass is 10.1. The molecular weight excluding hydrogens is 290 g/mol. The Morgan fingerprint density at radius 1 is 1.33 bits per heavy atom. The molecule has 0 unspecified atom stereocenters. The molecule has 0 atom stereocenters. The number of halogens is 1. The maximum Gasteiger partial charge on any atom is 0.0678 e. The molecule has 0 aliphatic heterocycles. The molecule has 0 bridgehead atoms. The molecule has 3 nitrogen and oxygen atoms in total. The highest BCUT2D eigenvalue weighted by molar-refractivity contribution is 9.10. The molecule has 2 N–H and O–H groups in total. The normalized spacial score (nSPS) is 11.2. The second-order valence-corrected chi connectivity index (χ2v) is 5.57. The van der Waals surface area contributed by atoms with E-state index in [1.807, 2.05) is 16.9 Å². The Kier molecular flexibility index (Phi) is 4.19. The zero-order valence-corrected chi connectivity index (χ0v) is 12.3. The van der Waals surface area contributed by atoms with Gasteiger partial charge in [-0.2, -0.15) is 5.10 Å². The van der Waals surface area contributed by atoms with Gasteiger partial charge in [-0.25, -0.2) is 4.68 Å². The number of nitrogens with two attached hydrogens (primary N) is 1. The average molecular weight is 308 g/mol. The van der Waals surface area contributed by atoms with E-state index in [0.29, 0.717) is 12.5 Å². The minimum Gasteiger partial charge on any atom is -0.330 e. The van der Waals surface area contributed by atoms with E-state index in [1.165, 1.54) is 5.56 Å². The van der Waals surface area contributed by atoms with Crippen molar-refractivity contribution in [3.8, 4) is 5.69 Å². The molecule has 0 radical (unpaired) electrons. The van der Waals surface area contributed by atoms with Crippen LogP contribution in [0.15, 0.2) is 34.9 Å². The molecule has 0 saturated heterocycles. The minimum absolute atomic E-state index is 0.444. The van der Waals surface area contributed by atoms with Crippen LogP contribution in [0, 0.1) is 0 Å². The number of hydrogen-bond acceptors (Lipinski definition) is 2. The molecule has 2 rings (SSSR count). The number of hydrogen-bond donors (Lipinski definition) is 1. The molecule has 1 heterocycles. The first-order chi connectivity index (χ1) is 8.61. The van der Waals surface area contributed by atoms with Crippen molar-refractivity contribution < 1.29 is 0 Å². The first-order valence-electron chi connectivity index (χ1n) is 6.16. The van der Waals surface area contributed by atoms with E-state index < -0.39 is 0 Å². The molecule has 0 aliphatic carbocycles. The zero-order chi connectivity index (χ0) is 13.1. The summed E-state index contributed by atoms with van der Waals surface area (Å²) in [6, 6.07) is 8.29. The summed E-state index contributed by atoms with van der Waals surface area (Å²) in [5.74, 6) is 0.444. The van der Waals surface area contributed by atoms with Gasteiger partial charge in [0.1, 0.15) is 0 Å². The number of benzene rings is 1. The predicted octanol–water partition coefficient (Wildman–Crippen LogP) is 3.26. The third-order valence-corrected chi connectivity index (χ3v) is 3.40. The summed E-state index contributed by atoms with van der Waals surface area (Å²) >= 11 is 3.50. The number of aromatic nitrogens is 2. The van der Waals surface area contributed by atoms with Crippen LogP contribution in [-0.4, -0.2) is 16.3 Å². The van der Waals surface area contributed by atoms with Crippen molar-refractivity contribution in [2.75, 3.05) is 6.54 Å². The monoisotopic (exact) mass is 307 g/mol. The summed E-state index contributed by atoms with van der Waals surface area (Å²) in [6.45, 7) is 4.94. The SMILES string of the molecule is CC(C)c1ccn(-c2ccc(Br)cc2CCN)n1. The van der Waals surface area contributed by atoms with Crippen LogP contribution in [-0.2, 0) is 6.42 Å². The van der Waals surface area contributed by atoms with Gasteiger partial charge in [0.2, 0.25) is 0 Å². The minimum atomic E-state index is 0.444. The molecule has 4 heteroatoms. The fraction of sp³-hybridized carbons (Fsp3) is 0.357. The van der Waals surface area contributed by atoms with Gasteiger partial charge in [0, 0.05) is 10.7 Å². The molecule has 96 valence electrons. The van der Waals surface area contributed by atoms with E-state index in [-0.39, 0.29) is 0 Å². The molecular formula is C14H18BrN3. The van der Waals surface area contributed by atoms with Gasteiger partial charge in [0.05, 0.1) is 11.4 Å². The first kappa shape index (κ1) is 13.3. The zero-order valence-electron chi connectivity index (χ0n) is 10.7. The van der Waals surface area contributed by atoms with Crippen LogP contribution in [0.3, 0.4) is 0 Å². The molecule has 1 aromatic carbocycles. The lowest BCUT2D eigenvalue weighted by Gasteiger charge is -2.09. The Labute approximate surface area is 116 Å². The van der Waals surface area contributed by atoms with Gasteiger partial charge >= 0.3 is 0 Å². The highest BCUT2D eigenvalue weighted by Gasteiger charge is 2.08. The van der Waals surface area contributed by atoms with Gasteiger partial charge in [-0.3, -0.25) is 0 Å². The van der Waals surface area contributed by atoms with Crippen molar-refractivity contribution in [2.45, 2.75) is 26.2 Å². The van der Waals surface area contributed by atoms with Crippen LogP contribution < -0.4 is 5.73 Å². The third-order valence-electron chi connectivity index (χ3n) is 2.90. The van der Waals surface area contributed by atoms with E-state index in [4.69, 9.17) is 5.73 Å². The van der Waals surface area contributed by atoms with Crippen LogP contribution >= 0.6 is 15.9 Å². The number of nitrogens with zero attached hydrogens (tertiary/aromatic N) is 2. The lowest BCUT2D eigenvalue weighted by Crippen LogP contribution is -2.07. The lowest BCUT2D eigenvalue weighted by molar-refractivity contribution is 0.762. The van der Waals surface area contributed by atoms with Gasteiger partial charge in [0.25, 0.3) is 0 Å². The molecule has 1 aromatic heterocycles. The summed E-state index contributed by atoms with van der Waals surface area (Å²) in [6.07, 6.45) is 2.87. The maximum absolute atomic E-state index is 5.67. The van der Waals surface area contributed by atoms with Gasteiger partial charge in [-0.1, -0.05) is 29.8 Å². The topological polar surface area (TPSA) is 43.8 Å². The van der Waals surface area contributed by atoms with E-state index >= 15 is 0 Å². The van der Waals surface area contributed by atoms with E-state index in [2.05, 4.69) is 53.1 Å². The highest BCUT2D eigenvalue weighted by atomic mass is 79.9. The molecule has 0 aliphatic rings. The quantitative estimate of drug-likeness (QED) is 0.942. The third kappa shape index (κ3) is 2.82. The van der Waals surface area contributed by atoms with Gasteiger partial charge in [0.15, 0.2) is 0 Å². The standard InChI is InChI=1S/C14H18BrN3/c1-10(2)13-6-8-18(17-13)14-4-3-12(15)9-11(14)5-7-16/h3-4,6,8-10H,5,7,16H2,1-2H3. The summed E-state index contributed by atoms with van der Waals surface area (Å²) in [7, 11) is 0. The Morgan fingerprint density at radius 3 is 2.72 bits per heavy atom. The van der Waals surface area contributed by atoms with Gasteiger partial charge in [-0.05, 0) is 48.7 Å². The van der Waals surface area contributed by atoms with Crippen molar-refractivity contribution >= 4 is 15.9 Å². The van der Waals surface area contributed by atoms with Crippen LogP contribution in [0.2, 0.25) is 0 Å². The van der Waals surface area contributed by atoms with E-state index in [0.717, 1.165) is 22.3 Å². The maximum atomic E-state index is 5.67.